The van der Waals surface area contributed by atoms with E-state index in [1.54, 1.807) is 0 Å². The van der Waals surface area contributed by atoms with Crippen molar-refractivity contribution in [3.8, 4) is 0 Å². The fraction of sp³-hybridized carbons (Fsp3) is 0.786. The van der Waals surface area contributed by atoms with Gasteiger partial charge in [0, 0.05) is 19.2 Å². The number of hydrogen-bond donors (Lipinski definition) is 1. The fourth-order valence-corrected chi connectivity index (χ4v) is 3.16. The highest BCUT2D eigenvalue weighted by Gasteiger charge is 2.31. The number of aliphatic hydroxyl groups is 1. The highest BCUT2D eigenvalue weighted by molar-refractivity contribution is 5.05. The van der Waals surface area contributed by atoms with Crippen molar-refractivity contribution in [2.75, 3.05) is 13.2 Å². The van der Waals surface area contributed by atoms with E-state index in [0.29, 0.717) is 19.1 Å². The molecule has 0 bridgehead atoms. The summed E-state index contributed by atoms with van der Waals surface area (Å²) in [5, 5.41) is 15.1. The Labute approximate surface area is 108 Å². The average Bonchev–Trinajstić information content (AvgIpc) is 2.99. The second kappa shape index (κ2) is 5.02. The minimum Gasteiger partial charge on any atom is -0.387 e. The van der Waals surface area contributed by atoms with Gasteiger partial charge in [0.15, 0.2) is 0 Å². The molecule has 18 heavy (non-hydrogen) atoms. The molecule has 1 aromatic heterocycles. The highest BCUT2D eigenvalue weighted by atomic mass is 16.5. The van der Waals surface area contributed by atoms with Gasteiger partial charge in [-0.25, -0.2) is 0 Å². The molecule has 2 heterocycles. The van der Waals surface area contributed by atoms with Gasteiger partial charge >= 0.3 is 0 Å². The Kier molecular flexibility index (Phi) is 3.39. The second-order valence-corrected chi connectivity index (χ2v) is 5.78. The molecule has 0 spiro atoms. The van der Waals surface area contributed by atoms with Crippen molar-refractivity contribution < 1.29 is 9.84 Å². The number of nitrogens with zero attached hydrogens (tertiary/aromatic N) is 2. The lowest BCUT2D eigenvalue weighted by molar-refractivity contribution is -0.0850. The van der Waals surface area contributed by atoms with E-state index < -0.39 is 5.60 Å². The molecule has 1 saturated heterocycles. The third-order valence-electron chi connectivity index (χ3n) is 4.17. The Balaban J connectivity index is 1.65. The van der Waals surface area contributed by atoms with E-state index in [0.717, 1.165) is 25.1 Å². The molecule has 1 atom stereocenters. The fourth-order valence-electron chi connectivity index (χ4n) is 3.16. The zero-order valence-corrected chi connectivity index (χ0v) is 10.8. The number of aromatic nitrogens is 2. The monoisotopic (exact) mass is 250 g/mol. The van der Waals surface area contributed by atoms with E-state index in [2.05, 4.69) is 16.0 Å². The highest BCUT2D eigenvalue weighted by Crippen LogP contribution is 2.29. The summed E-state index contributed by atoms with van der Waals surface area (Å²) >= 11 is 0. The Bertz CT molecular complexity index is 390. The summed E-state index contributed by atoms with van der Waals surface area (Å²) in [6, 6.07) is 2.63. The first kappa shape index (κ1) is 12.2. The van der Waals surface area contributed by atoms with Crippen LogP contribution in [0, 0.1) is 0 Å². The molecule has 1 unspecified atom stereocenters. The van der Waals surface area contributed by atoms with Gasteiger partial charge in [0.1, 0.15) is 0 Å². The van der Waals surface area contributed by atoms with Crippen LogP contribution in [0.15, 0.2) is 12.3 Å². The van der Waals surface area contributed by atoms with E-state index in [1.807, 2.05) is 6.07 Å². The molecule has 0 aromatic carbocycles. The van der Waals surface area contributed by atoms with Crippen LogP contribution in [0.1, 0.15) is 50.3 Å². The topological polar surface area (TPSA) is 47.3 Å². The largest absolute Gasteiger partial charge is 0.387 e. The van der Waals surface area contributed by atoms with Crippen molar-refractivity contribution >= 4 is 0 Å². The van der Waals surface area contributed by atoms with Gasteiger partial charge in [-0.15, -0.1) is 0 Å². The number of ether oxygens (including phenoxy) is 1. The van der Waals surface area contributed by atoms with Gasteiger partial charge in [0.2, 0.25) is 0 Å². The summed E-state index contributed by atoms with van der Waals surface area (Å²) in [5.74, 6) is 0. The van der Waals surface area contributed by atoms with Crippen LogP contribution in [0.25, 0.3) is 0 Å². The smallest absolute Gasteiger partial charge is 0.0936 e. The zero-order chi connectivity index (χ0) is 12.4. The van der Waals surface area contributed by atoms with Crippen LogP contribution in [0.3, 0.4) is 0 Å². The van der Waals surface area contributed by atoms with Crippen molar-refractivity contribution in [2.45, 2.75) is 56.6 Å². The first-order valence-electron chi connectivity index (χ1n) is 7.09. The molecule has 0 radical (unpaired) electrons. The third-order valence-corrected chi connectivity index (χ3v) is 4.17. The van der Waals surface area contributed by atoms with E-state index in [9.17, 15) is 5.11 Å². The minimum atomic E-state index is -0.701. The molecule has 2 fully saturated rings. The molecule has 1 saturated carbocycles. The van der Waals surface area contributed by atoms with Crippen LogP contribution in [-0.4, -0.2) is 33.7 Å². The maximum atomic E-state index is 10.4. The molecule has 1 aromatic rings. The zero-order valence-electron chi connectivity index (χ0n) is 10.8. The number of hydrogen-bond acceptors (Lipinski definition) is 3. The summed E-state index contributed by atoms with van der Waals surface area (Å²) in [4.78, 5) is 0. The average molecular weight is 250 g/mol. The van der Waals surface area contributed by atoms with Crippen LogP contribution >= 0.6 is 0 Å². The van der Waals surface area contributed by atoms with Crippen molar-refractivity contribution in [2.24, 2.45) is 0 Å². The Morgan fingerprint density at radius 1 is 1.39 bits per heavy atom. The molecule has 4 heteroatoms. The van der Waals surface area contributed by atoms with Gasteiger partial charge in [-0.05, 0) is 31.7 Å². The molecule has 0 amide bonds. The van der Waals surface area contributed by atoms with Crippen molar-refractivity contribution in [1.29, 1.82) is 0 Å². The van der Waals surface area contributed by atoms with Crippen molar-refractivity contribution in [3.63, 3.8) is 0 Å². The van der Waals surface area contributed by atoms with Crippen LogP contribution in [-0.2, 0) is 11.2 Å². The quantitative estimate of drug-likeness (QED) is 0.893. The molecule has 1 aliphatic carbocycles. The molecular weight excluding hydrogens is 228 g/mol. The lowest BCUT2D eigenvalue weighted by Gasteiger charge is -2.31. The minimum absolute atomic E-state index is 0.448. The predicted molar refractivity (Wildman–Crippen MR) is 68.4 cm³/mol. The van der Waals surface area contributed by atoms with Crippen molar-refractivity contribution in [3.05, 3.63) is 18.0 Å². The summed E-state index contributed by atoms with van der Waals surface area (Å²) in [5.41, 5.74) is 0.294. The predicted octanol–water partition coefficient (Wildman–Crippen LogP) is 2.08. The van der Waals surface area contributed by atoms with Gasteiger partial charge in [-0.2, -0.15) is 5.10 Å². The maximum absolute atomic E-state index is 10.4. The first-order chi connectivity index (χ1) is 8.75. The van der Waals surface area contributed by atoms with Crippen LogP contribution in [0.5, 0.6) is 0 Å². The summed E-state index contributed by atoms with van der Waals surface area (Å²) < 4.78 is 7.47. The number of rotatable bonds is 3. The lowest BCUT2D eigenvalue weighted by atomic mass is 9.92. The van der Waals surface area contributed by atoms with Gasteiger partial charge in [0.05, 0.1) is 23.9 Å². The van der Waals surface area contributed by atoms with E-state index in [1.165, 1.54) is 25.7 Å². The maximum Gasteiger partial charge on any atom is 0.0936 e. The standard InChI is InChI=1S/C14H22N2O2/c17-14(7-3-9-18-11-14)10-12-6-8-16(15-12)13-4-1-2-5-13/h6,8,13,17H,1-5,7,9-11H2. The first-order valence-corrected chi connectivity index (χ1v) is 7.09. The van der Waals surface area contributed by atoms with Crippen LogP contribution in [0.2, 0.25) is 0 Å². The van der Waals surface area contributed by atoms with E-state index in [-0.39, 0.29) is 0 Å². The molecular formula is C14H22N2O2. The molecule has 3 rings (SSSR count). The van der Waals surface area contributed by atoms with Gasteiger partial charge in [-0.3, -0.25) is 4.68 Å². The van der Waals surface area contributed by atoms with E-state index >= 15 is 0 Å². The summed E-state index contributed by atoms with van der Waals surface area (Å²) in [7, 11) is 0. The summed E-state index contributed by atoms with van der Waals surface area (Å²) in [6.45, 7) is 1.22. The molecule has 4 nitrogen and oxygen atoms in total. The lowest BCUT2D eigenvalue weighted by Crippen LogP contribution is -2.40. The Morgan fingerprint density at radius 3 is 2.94 bits per heavy atom. The van der Waals surface area contributed by atoms with Crippen LogP contribution < -0.4 is 0 Å². The molecule has 1 N–H and O–H groups in total. The second-order valence-electron chi connectivity index (χ2n) is 5.78. The molecule has 2 aliphatic rings. The van der Waals surface area contributed by atoms with Gasteiger partial charge in [0.25, 0.3) is 0 Å². The molecule has 100 valence electrons. The van der Waals surface area contributed by atoms with Crippen LogP contribution in [0.4, 0.5) is 0 Å². The van der Waals surface area contributed by atoms with Gasteiger partial charge < -0.3 is 9.84 Å². The SMILES string of the molecule is OC1(Cc2ccn(C3CCCC3)n2)CCCOC1. The molecule has 1 aliphatic heterocycles. The Hall–Kier alpha value is -0.870. The normalized spacial score (nSPS) is 29.8. The van der Waals surface area contributed by atoms with E-state index in [4.69, 9.17) is 4.74 Å². The third kappa shape index (κ3) is 2.59. The Morgan fingerprint density at radius 2 is 2.22 bits per heavy atom. The van der Waals surface area contributed by atoms with Crippen molar-refractivity contribution in [1.82, 2.24) is 9.78 Å². The van der Waals surface area contributed by atoms with Gasteiger partial charge in [-0.1, -0.05) is 12.8 Å². The summed E-state index contributed by atoms with van der Waals surface area (Å²) in [6.07, 6.45) is 9.58.